The van der Waals surface area contributed by atoms with Crippen molar-refractivity contribution in [3.63, 3.8) is 0 Å². The van der Waals surface area contributed by atoms with Crippen molar-refractivity contribution >= 4 is 12.4 Å². The van der Waals surface area contributed by atoms with E-state index in [0.717, 1.165) is 25.1 Å². The predicted octanol–water partition coefficient (Wildman–Crippen LogP) is 4.62. The van der Waals surface area contributed by atoms with Crippen LogP contribution in [-0.4, -0.2) is 12.6 Å². The van der Waals surface area contributed by atoms with Gasteiger partial charge in [0, 0.05) is 12.6 Å². The number of halogens is 1. The monoisotopic (exact) mass is 319 g/mol. The van der Waals surface area contributed by atoms with E-state index in [-0.39, 0.29) is 12.4 Å². The minimum absolute atomic E-state index is 0. The van der Waals surface area contributed by atoms with E-state index in [2.05, 4.69) is 54.7 Å². The maximum absolute atomic E-state index is 5.45. The summed E-state index contributed by atoms with van der Waals surface area (Å²) in [6.07, 6.45) is 2.28. The van der Waals surface area contributed by atoms with Gasteiger partial charge in [-0.3, -0.25) is 0 Å². The molecule has 2 rings (SSSR count). The maximum Gasteiger partial charge on any atom is 0.119 e. The third-order valence-corrected chi connectivity index (χ3v) is 3.60. The lowest BCUT2D eigenvalue weighted by Gasteiger charge is -2.14. The van der Waals surface area contributed by atoms with Gasteiger partial charge in [-0.15, -0.1) is 12.4 Å². The zero-order chi connectivity index (χ0) is 14.9. The van der Waals surface area contributed by atoms with Gasteiger partial charge in [-0.25, -0.2) is 0 Å². The highest BCUT2D eigenvalue weighted by Gasteiger charge is 2.02. The van der Waals surface area contributed by atoms with E-state index in [1.54, 1.807) is 0 Å². The van der Waals surface area contributed by atoms with Gasteiger partial charge in [-0.05, 0) is 49.9 Å². The molecular weight excluding hydrogens is 294 g/mol. The molecule has 2 aromatic carbocycles. The second kappa shape index (κ2) is 10.3. The molecule has 0 saturated heterocycles. The number of hydrogen-bond acceptors (Lipinski definition) is 2. The number of hydrogen-bond donors (Lipinski definition) is 1. The molecule has 0 aliphatic heterocycles. The number of aryl methyl sites for hydroxylation is 1. The second-order valence-corrected chi connectivity index (χ2v) is 5.38. The van der Waals surface area contributed by atoms with Gasteiger partial charge in [0.05, 0.1) is 6.61 Å². The van der Waals surface area contributed by atoms with Crippen LogP contribution >= 0.6 is 12.4 Å². The van der Waals surface area contributed by atoms with E-state index >= 15 is 0 Å². The molecule has 0 fully saturated rings. The van der Waals surface area contributed by atoms with E-state index < -0.39 is 0 Å². The van der Waals surface area contributed by atoms with Crippen molar-refractivity contribution < 1.29 is 4.74 Å². The van der Waals surface area contributed by atoms with E-state index in [1.807, 2.05) is 19.1 Å². The number of nitrogens with one attached hydrogen (secondary N) is 1. The van der Waals surface area contributed by atoms with Crippen LogP contribution in [0.25, 0.3) is 0 Å². The minimum atomic E-state index is 0. The average Bonchev–Trinajstić information content (AvgIpc) is 2.53. The predicted molar refractivity (Wildman–Crippen MR) is 95.9 cm³/mol. The molecule has 1 atom stereocenters. The fourth-order valence-electron chi connectivity index (χ4n) is 2.29. The molecule has 0 aromatic heterocycles. The molecule has 120 valence electrons. The first-order valence-corrected chi connectivity index (χ1v) is 7.77. The van der Waals surface area contributed by atoms with Crippen LogP contribution in [0.15, 0.2) is 54.6 Å². The molecule has 0 aliphatic carbocycles. The highest BCUT2D eigenvalue weighted by atomic mass is 35.5. The Labute approximate surface area is 140 Å². The first-order valence-electron chi connectivity index (χ1n) is 7.77. The Hall–Kier alpha value is -1.51. The van der Waals surface area contributed by atoms with Crippen molar-refractivity contribution in [2.45, 2.75) is 39.3 Å². The van der Waals surface area contributed by atoms with Crippen molar-refractivity contribution in [2.24, 2.45) is 0 Å². The van der Waals surface area contributed by atoms with Crippen LogP contribution in [0.4, 0.5) is 0 Å². The molecule has 1 N–H and O–H groups in total. The summed E-state index contributed by atoms with van der Waals surface area (Å²) in [6, 6.07) is 19.5. The van der Waals surface area contributed by atoms with Crippen molar-refractivity contribution in [2.75, 3.05) is 6.61 Å². The average molecular weight is 320 g/mol. The Morgan fingerprint density at radius 2 is 1.64 bits per heavy atom. The summed E-state index contributed by atoms with van der Waals surface area (Å²) in [7, 11) is 0. The van der Waals surface area contributed by atoms with Crippen LogP contribution in [0.3, 0.4) is 0 Å². The summed E-state index contributed by atoms with van der Waals surface area (Å²) in [5, 5.41) is 3.58. The molecule has 0 bridgehead atoms. The van der Waals surface area contributed by atoms with Crippen LogP contribution < -0.4 is 10.1 Å². The van der Waals surface area contributed by atoms with Crippen molar-refractivity contribution in [1.29, 1.82) is 0 Å². The molecule has 0 saturated carbocycles. The summed E-state index contributed by atoms with van der Waals surface area (Å²) in [4.78, 5) is 0. The molecule has 1 unspecified atom stereocenters. The Bertz CT molecular complexity index is 513. The highest BCUT2D eigenvalue weighted by Crippen LogP contribution is 2.12. The summed E-state index contributed by atoms with van der Waals surface area (Å²) in [5.74, 6) is 0.943. The Balaban J connectivity index is 0.00000242. The first kappa shape index (κ1) is 18.5. The molecule has 0 radical (unpaired) electrons. The molecule has 0 amide bonds. The Kier molecular flexibility index (Phi) is 8.64. The molecule has 0 aliphatic rings. The molecule has 0 spiro atoms. The molecule has 2 nitrogen and oxygen atoms in total. The van der Waals surface area contributed by atoms with Crippen molar-refractivity contribution in [3.8, 4) is 5.75 Å². The van der Waals surface area contributed by atoms with Gasteiger partial charge in [0.15, 0.2) is 0 Å². The third kappa shape index (κ3) is 6.50. The number of rotatable bonds is 8. The minimum Gasteiger partial charge on any atom is -0.494 e. The quantitative estimate of drug-likeness (QED) is 0.766. The smallest absolute Gasteiger partial charge is 0.119 e. The van der Waals surface area contributed by atoms with E-state index in [1.165, 1.54) is 11.1 Å². The molecule has 2 aromatic rings. The summed E-state index contributed by atoms with van der Waals surface area (Å²) < 4.78 is 5.45. The van der Waals surface area contributed by atoms with E-state index in [0.29, 0.717) is 12.6 Å². The van der Waals surface area contributed by atoms with Crippen molar-refractivity contribution in [3.05, 3.63) is 65.7 Å². The fourth-order valence-corrected chi connectivity index (χ4v) is 2.29. The van der Waals surface area contributed by atoms with Gasteiger partial charge in [-0.2, -0.15) is 0 Å². The van der Waals surface area contributed by atoms with E-state index in [4.69, 9.17) is 4.74 Å². The van der Waals surface area contributed by atoms with E-state index in [9.17, 15) is 0 Å². The van der Waals surface area contributed by atoms with Crippen LogP contribution in [0.1, 0.15) is 31.4 Å². The number of ether oxygens (including phenoxy) is 1. The van der Waals surface area contributed by atoms with Gasteiger partial charge in [-0.1, -0.05) is 42.5 Å². The topological polar surface area (TPSA) is 21.3 Å². The standard InChI is InChI=1S/C19H25NO.ClH/c1-3-21-19-13-11-18(12-14-19)15-20-16(2)9-10-17-7-5-4-6-8-17;/h4-8,11-14,16,20H,3,9-10,15H2,1-2H3;1H. The highest BCUT2D eigenvalue weighted by molar-refractivity contribution is 5.85. The summed E-state index contributed by atoms with van der Waals surface area (Å²) in [6.45, 7) is 5.87. The fraction of sp³-hybridized carbons (Fsp3) is 0.368. The van der Waals surface area contributed by atoms with Crippen LogP contribution in [-0.2, 0) is 13.0 Å². The van der Waals surface area contributed by atoms with Crippen LogP contribution in [0, 0.1) is 0 Å². The largest absolute Gasteiger partial charge is 0.494 e. The lowest BCUT2D eigenvalue weighted by molar-refractivity contribution is 0.340. The molecule has 0 heterocycles. The lowest BCUT2D eigenvalue weighted by atomic mass is 10.1. The molecular formula is C19H26ClNO. The van der Waals surface area contributed by atoms with Crippen LogP contribution in [0.2, 0.25) is 0 Å². The summed E-state index contributed by atoms with van der Waals surface area (Å²) >= 11 is 0. The zero-order valence-electron chi connectivity index (χ0n) is 13.4. The maximum atomic E-state index is 5.45. The normalized spacial score (nSPS) is 11.5. The molecule has 22 heavy (non-hydrogen) atoms. The third-order valence-electron chi connectivity index (χ3n) is 3.60. The Morgan fingerprint density at radius 1 is 0.955 bits per heavy atom. The van der Waals surface area contributed by atoms with Gasteiger partial charge < -0.3 is 10.1 Å². The second-order valence-electron chi connectivity index (χ2n) is 5.38. The van der Waals surface area contributed by atoms with Gasteiger partial charge in [0.25, 0.3) is 0 Å². The van der Waals surface area contributed by atoms with Gasteiger partial charge in [0.1, 0.15) is 5.75 Å². The Morgan fingerprint density at radius 3 is 2.27 bits per heavy atom. The lowest BCUT2D eigenvalue weighted by Crippen LogP contribution is -2.25. The summed E-state index contributed by atoms with van der Waals surface area (Å²) in [5.41, 5.74) is 2.71. The van der Waals surface area contributed by atoms with Gasteiger partial charge >= 0.3 is 0 Å². The first-order chi connectivity index (χ1) is 10.3. The van der Waals surface area contributed by atoms with Gasteiger partial charge in [0.2, 0.25) is 0 Å². The van der Waals surface area contributed by atoms with Crippen LogP contribution in [0.5, 0.6) is 5.75 Å². The zero-order valence-corrected chi connectivity index (χ0v) is 14.2. The molecule has 3 heteroatoms. The number of benzene rings is 2. The SMILES string of the molecule is CCOc1ccc(CNC(C)CCc2ccccc2)cc1.Cl. The van der Waals surface area contributed by atoms with Crippen molar-refractivity contribution in [1.82, 2.24) is 5.32 Å².